The first-order valence-corrected chi connectivity index (χ1v) is 18.2. The molecule has 10 nitrogen and oxygen atoms in total. The molecule has 0 radical (unpaired) electrons. The summed E-state index contributed by atoms with van der Waals surface area (Å²) in [5.74, 6) is -0.853. The monoisotopic (exact) mass is 712 g/mol. The van der Waals surface area contributed by atoms with Gasteiger partial charge < -0.3 is 25.0 Å². The van der Waals surface area contributed by atoms with Crippen molar-refractivity contribution < 1.29 is 39.3 Å². The molecule has 0 bridgehead atoms. The zero-order chi connectivity index (χ0) is 36.0. The molecule has 0 aromatic heterocycles. The molecular weight excluding hydrogens is 669 g/mol. The number of hydroxylamine groups is 1. The van der Waals surface area contributed by atoms with Crippen molar-refractivity contribution in [3.05, 3.63) is 125 Å². The first kappa shape index (κ1) is 37.7. The standard InChI is InChI=1S/C40H44N2O8S/c43-25-27-15-17-29(18-16-27)35-23-32(26-51-36-12-8-7-11-34(36)39(46)47)49-40(50-35)30-21-19-28(20-22-30)33-10-6-5-9-31(33)24-41-37(44)13-3-1-2-4-14-38(45)42-48/h5-12,15-22,32,35,40,43,48H,1-4,13-14,23-26H2,(H,41,44)(H,42,45)(H,46,47)/t32-,35+,40+/m0/s1. The van der Waals surface area contributed by atoms with E-state index in [1.165, 1.54) is 11.8 Å². The molecule has 1 saturated heterocycles. The Morgan fingerprint density at radius 1 is 0.765 bits per heavy atom. The Balaban J connectivity index is 1.24. The molecule has 1 aliphatic rings. The molecule has 1 heterocycles. The third kappa shape index (κ3) is 11.0. The largest absolute Gasteiger partial charge is 0.478 e. The number of carboxylic acid groups (broad SMARTS) is 1. The Morgan fingerprint density at radius 2 is 1.43 bits per heavy atom. The summed E-state index contributed by atoms with van der Waals surface area (Å²) in [4.78, 5) is 36.1. The van der Waals surface area contributed by atoms with Crippen LogP contribution in [0.25, 0.3) is 11.1 Å². The van der Waals surface area contributed by atoms with E-state index in [4.69, 9.17) is 14.7 Å². The van der Waals surface area contributed by atoms with Crippen LogP contribution < -0.4 is 10.8 Å². The van der Waals surface area contributed by atoms with Gasteiger partial charge in [-0.3, -0.25) is 14.8 Å². The minimum Gasteiger partial charge on any atom is -0.478 e. The van der Waals surface area contributed by atoms with Gasteiger partial charge in [-0.25, -0.2) is 10.3 Å². The Bertz CT molecular complexity index is 1750. The number of aliphatic hydroxyl groups is 1. The van der Waals surface area contributed by atoms with Gasteiger partial charge in [-0.2, -0.15) is 0 Å². The minimum absolute atomic E-state index is 0.0282. The second-order valence-electron chi connectivity index (χ2n) is 12.5. The minimum atomic E-state index is -0.967. The van der Waals surface area contributed by atoms with E-state index < -0.39 is 18.2 Å². The van der Waals surface area contributed by atoms with Gasteiger partial charge in [0.15, 0.2) is 6.29 Å². The van der Waals surface area contributed by atoms with Crippen molar-refractivity contribution in [3.63, 3.8) is 0 Å². The number of aromatic carboxylic acids is 1. The number of thioether (sulfide) groups is 1. The predicted octanol–water partition coefficient (Wildman–Crippen LogP) is 7.34. The van der Waals surface area contributed by atoms with Crippen molar-refractivity contribution >= 4 is 29.5 Å². The summed E-state index contributed by atoms with van der Waals surface area (Å²) in [5.41, 5.74) is 7.51. The number of rotatable bonds is 17. The van der Waals surface area contributed by atoms with Gasteiger partial charge in [-0.1, -0.05) is 97.8 Å². The van der Waals surface area contributed by atoms with Crippen LogP contribution in [0.5, 0.6) is 0 Å². The van der Waals surface area contributed by atoms with Crippen LogP contribution in [0.15, 0.2) is 102 Å². The molecule has 0 unspecified atom stereocenters. The SMILES string of the molecule is O=C(CCCCCCC(=O)NCc1ccccc1-c1ccc([C@@H]2O[C@H](CSc3ccccc3C(=O)O)C[C@H](c3ccc(CO)cc3)O2)cc1)NO. The highest BCUT2D eigenvalue weighted by molar-refractivity contribution is 7.99. The highest BCUT2D eigenvalue weighted by atomic mass is 32.2. The van der Waals surface area contributed by atoms with E-state index in [1.54, 1.807) is 17.6 Å². The van der Waals surface area contributed by atoms with Crippen molar-refractivity contribution in [2.75, 3.05) is 5.75 Å². The van der Waals surface area contributed by atoms with E-state index in [2.05, 4.69) is 5.32 Å². The number of nitrogens with one attached hydrogen (secondary N) is 2. The third-order valence-electron chi connectivity index (χ3n) is 8.83. The second-order valence-corrected chi connectivity index (χ2v) is 13.5. The Morgan fingerprint density at radius 3 is 2.14 bits per heavy atom. The maximum atomic E-state index is 12.6. The fourth-order valence-corrected chi connectivity index (χ4v) is 7.08. The van der Waals surface area contributed by atoms with Crippen LogP contribution in [0.1, 0.15) is 90.0 Å². The quantitative estimate of drug-likeness (QED) is 0.0327. The van der Waals surface area contributed by atoms with Crippen molar-refractivity contribution in [3.8, 4) is 11.1 Å². The lowest BCUT2D eigenvalue weighted by molar-refractivity contribution is -0.245. The van der Waals surface area contributed by atoms with Crippen LogP contribution in [0.4, 0.5) is 0 Å². The van der Waals surface area contributed by atoms with Crippen LogP contribution >= 0.6 is 11.8 Å². The Labute approximate surface area is 302 Å². The lowest BCUT2D eigenvalue weighted by Crippen LogP contribution is -2.31. The number of ether oxygens (including phenoxy) is 2. The number of aliphatic hydroxyl groups excluding tert-OH is 1. The Hall–Kier alpha value is -4.52. The second kappa shape index (κ2) is 19.2. The van der Waals surface area contributed by atoms with Crippen LogP contribution in [-0.4, -0.2) is 45.1 Å². The van der Waals surface area contributed by atoms with Gasteiger partial charge >= 0.3 is 5.97 Å². The van der Waals surface area contributed by atoms with E-state index in [0.717, 1.165) is 52.6 Å². The van der Waals surface area contributed by atoms with Gasteiger partial charge in [0.2, 0.25) is 11.8 Å². The molecule has 1 fully saturated rings. The number of hydrogen-bond acceptors (Lipinski definition) is 8. The van der Waals surface area contributed by atoms with Crippen molar-refractivity contribution in [2.45, 2.75) is 81.5 Å². The lowest BCUT2D eigenvalue weighted by Gasteiger charge is -2.36. The molecule has 11 heteroatoms. The van der Waals surface area contributed by atoms with Crippen LogP contribution in [-0.2, 0) is 32.2 Å². The Kier molecular flexibility index (Phi) is 14.2. The average Bonchev–Trinajstić information content (AvgIpc) is 3.17. The first-order valence-electron chi connectivity index (χ1n) is 17.2. The lowest BCUT2D eigenvalue weighted by atomic mass is 9.97. The summed E-state index contributed by atoms with van der Waals surface area (Å²) < 4.78 is 13.0. The van der Waals surface area contributed by atoms with E-state index >= 15 is 0 Å². The van der Waals surface area contributed by atoms with Crippen LogP contribution in [0.2, 0.25) is 0 Å². The maximum Gasteiger partial charge on any atom is 0.336 e. The topological polar surface area (TPSA) is 154 Å². The van der Waals surface area contributed by atoms with Gasteiger partial charge in [0.25, 0.3) is 0 Å². The summed E-state index contributed by atoms with van der Waals surface area (Å²) in [5, 5.41) is 30.8. The number of amides is 2. The molecule has 0 aliphatic carbocycles. The molecule has 2 amide bonds. The van der Waals surface area contributed by atoms with Crippen molar-refractivity contribution in [1.29, 1.82) is 0 Å². The molecule has 4 aromatic rings. The van der Waals surface area contributed by atoms with Gasteiger partial charge in [0.05, 0.1) is 24.4 Å². The van der Waals surface area contributed by atoms with Crippen molar-refractivity contribution in [1.82, 2.24) is 10.8 Å². The maximum absolute atomic E-state index is 12.6. The van der Waals surface area contributed by atoms with E-state index in [9.17, 15) is 24.6 Å². The highest BCUT2D eigenvalue weighted by Gasteiger charge is 2.32. The van der Waals surface area contributed by atoms with Crippen molar-refractivity contribution in [2.24, 2.45) is 0 Å². The number of unbranched alkanes of at least 4 members (excludes halogenated alkanes) is 3. The average molecular weight is 713 g/mol. The number of hydrogen-bond donors (Lipinski definition) is 5. The predicted molar refractivity (Wildman–Crippen MR) is 194 cm³/mol. The molecule has 5 N–H and O–H groups in total. The molecule has 0 spiro atoms. The summed E-state index contributed by atoms with van der Waals surface area (Å²) in [6, 6.07) is 30.6. The molecule has 1 aliphatic heterocycles. The highest BCUT2D eigenvalue weighted by Crippen LogP contribution is 2.40. The van der Waals surface area contributed by atoms with Gasteiger partial charge in [0.1, 0.15) is 0 Å². The molecule has 3 atom stereocenters. The molecule has 0 saturated carbocycles. The molecule has 5 rings (SSSR count). The van der Waals surface area contributed by atoms with Gasteiger partial charge in [-0.05, 0) is 52.8 Å². The normalized spacial score (nSPS) is 17.1. The number of carbonyl (C=O) groups is 3. The zero-order valence-electron chi connectivity index (χ0n) is 28.3. The molecular formula is C40H44N2O8S. The summed E-state index contributed by atoms with van der Waals surface area (Å²) >= 11 is 1.45. The third-order valence-corrected chi connectivity index (χ3v) is 10.0. The summed E-state index contributed by atoms with van der Waals surface area (Å²) in [7, 11) is 0. The smallest absolute Gasteiger partial charge is 0.336 e. The fraction of sp³-hybridized carbons (Fsp3) is 0.325. The molecule has 4 aromatic carbocycles. The number of benzene rings is 4. The fourth-order valence-electron chi connectivity index (χ4n) is 6.01. The van der Waals surface area contributed by atoms with Gasteiger partial charge in [0, 0.05) is 42.0 Å². The van der Waals surface area contributed by atoms with E-state index in [0.29, 0.717) is 36.5 Å². The zero-order valence-corrected chi connectivity index (χ0v) is 29.1. The summed E-state index contributed by atoms with van der Waals surface area (Å²) in [6.45, 7) is 0.349. The van der Waals surface area contributed by atoms with E-state index in [1.807, 2.05) is 84.9 Å². The summed E-state index contributed by atoms with van der Waals surface area (Å²) in [6.07, 6.45) is 3.15. The molecule has 268 valence electrons. The van der Waals surface area contributed by atoms with E-state index in [-0.39, 0.29) is 36.7 Å². The van der Waals surface area contributed by atoms with Crippen LogP contribution in [0, 0.1) is 0 Å². The first-order chi connectivity index (χ1) is 24.8. The van der Waals surface area contributed by atoms with Gasteiger partial charge in [-0.15, -0.1) is 11.8 Å². The van der Waals surface area contributed by atoms with Crippen LogP contribution in [0.3, 0.4) is 0 Å². The number of carboxylic acids is 1. The molecule has 51 heavy (non-hydrogen) atoms. The number of carbonyl (C=O) groups excluding carboxylic acids is 2.